The number of carboxylic acids is 1. The SMILES string of the molecule is COc1cc(C(=O)N[C@H]2CC[C@@H](C(=O)O)C2)cc(OC)c1Br. The molecule has 1 fully saturated rings. The number of amides is 1. The van der Waals surface area contributed by atoms with Gasteiger partial charge in [0, 0.05) is 11.6 Å². The van der Waals surface area contributed by atoms with Gasteiger partial charge < -0.3 is 19.9 Å². The molecule has 0 aliphatic heterocycles. The fourth-order valence-corrected chi connectivity index (χ4v) is 3.16. The Morgan fingerprint density at radius 3 is 2.27 bits per heavy atom. The standard InChI is InChI=1S/C15H18BrNO5/c1-21-11-6-9(7-12(22-2)13(11)16)14(18)17-10-4-3-8(5-10)15(19)20/h6-8,10H,3-5H2,1-2H3,(H,17,18)(H,19,20)/t8-,10+/m1/s1. The van der Waals surface area contributed by atoms with Crippen LogP contribution < -0.4 is 14.8 Å². The Kier molecular flexibility index (Phi) is 5.28. The first kappa shape index (κ1) is 16.6. The summed E-state index contributed by atoms with van der Waals surface area (Å²) in [6.45, 7) is 0. The van der Waals surface area contributed by atoms with Gasteiger partial charge in [0.15, 0.2) is 0 Å². The summed E-state index contributed by atoms with van der Waals surface area (Å²) in [5, 5.41) is 11.9. The molecular formula is C15H18BrNO5. The average molecular weight is 372 g/mol. The molecule has 1 aromatic carbocycles. The number of hydrogen-bond acceptors (Lipinski definition) is 4. The second kappa shape index (κ2) is 7.00. The predicted octanol–water partition coefficient (Wildman–Crippen LogP) is 2.45. The molecule has 7 heteroatoms. The van der Waals surface area contributed by atoms with E-state index in [9.17, 15) is 9.59 Å². The number of ether oxygens (including phenoxy) is 2. The molecule has 6 nitrogen and oxygen atoms in total. The zero-order chi connectivity index (χ0) is 16.3. The summed E-state index contributed by atoms with van der Waals surface area (Å²) < 4.78 is 11.1. The van der Waals surface area contributed by atoms with Crippen LogP contribution in [0.2, 0.25) is 0 Å². The summed E-state index contributed by atoms with van der Waals surface area (Å²) in [6.07, 6.45) is 1.73. The Morgan fingerprint density at radius 1 is 1.23 bits per heavy atom. The van der Waals surface area contributed by atoms with Crippen LogP contribution in [0.15, 0.2) is 16.6 Å². The van der Waals surface area contributed by atoms with Crippen LogP contribution >= 0.6 is 15.9 Å². The Hall–Kier alpha value is -1.76. The number of methoxy groups -OCH3 is 2. The van der Waals surface area contributed by atoms with Crippen molar-refractivity contribution in [2.75, 3.05) is 14.2 Å². The van der Waals surface area contributed by atoms with E-state index in [4.69, 9.17) is 14.6 Å². The van der Waals surface area contributed by atoms with Crippen LogP contribution in [0.3, 0.4) is 0 Å². The lowest BCUT2D eigenvalue weighted by molar-refractivity contribution is -0.141. The van der Waals surface area contributed by atoms with E-state index >= 15 is 0 Å². The highest BCUT2D eigenvalue weighted by molar-refractivity contribution is 9.10. The molecule has 2 rings (SSSR count). The molecule has 0 unspecified atom stereocenters. The number of hydrogen-bond donors (Lipinski definition) is 2. The zero-order valence-electron chi connectivity index (χ0n) is 12.4. The summed E-state index contributed by atoms with van der Waals surface area (Å²) in [7, 11) is 3.02. The van der Waals surface area contributed by atoms with E-state index in [1.54, 1.807) is 12.1 Å². The lowest BCUT2D eigenvalue weighted by Gasteiger charge is -2.15. The summed E-state index contributed by atoms with van der Waals surface area (Å²) in [4.78, 5) is 23.3. The number of carboxylic acid groups (broad SMARTS) is 1. The van der Waals surface area contributed by atoms with Gasteiger partial charge in [-0.3, -0.25) is 9.59 Å². The monoisotopic (exact) mass is 371 g/mol. The smallest absolute Gasteiger partial charge is 0.306 e. The van der Waals surface area contributed by atoms with Crippen molar-refractivity contribution in [1.82, 2.24) is 5.32 Å². The predicted molar refractivity (Wildman–Crippen MR) is 83.5 cm³/mol. The van der Waals surface area contributed by atoms with Crippen LogP contribution in [0.4, 0.5) is 0 Å². The van der Waals surface area contributed by atoms with Gasteiger partial charge in [-0.1, -0.05) is 0 Å². The van der Waals surface area contributed by atoms with Crippen LogP contribution in [-0.2, 0) is 4.79 Å². The number of halogens is 1. The molecule has 0 saturated heterocycles. The Bertz CT molecular complexity index is 564. The van der Waals surface area contributed by atoms with Crippen LogP contribution in [0.25, 0.3) is 0 Å². The molecular weight excluding hydrogens is 354 g/mol. The van der Waals surface area contributed by atoms with Crippen LogP contribution in [0.5, 0.6) is 11.5 Å². The fraction of sp³-hybridized carbons (Fsp3) is 0.467. The highest BCUT2D eigenvalue weighted by Gasteiger charge is 2.30. The zero-order valence-corrected chi connectivity index (χ0v) is 14.0. The number of carbonyl (C=O) groups excluding carboxylic acids is 1. The van der Waals surface area contributed by atoms with Gasteiger partial charge in [0.05, 0.1) is 20.1 Å². The molecule has 0 bridgehead atoms. The lowest BCUT2D eigenvalue weighted by atomic mass is 10.1. The van der Waals surface area contributed by atoms with Gasteiger partial charge in [0.2, 0.25) is 0 Å². The maximum absolute atomic E-state index is 12.3. The Balaban J connectivity index is 2.11. The van der Waals surface area contributed by atoms with Crippen molar-refractivity contribution in [2.45, 2.75) is 25.3 Å². The molecule has 22 heavy (non-hydrogen) atoms. The third-order valence-corrected chi connectivity index (χ3v) is 4.61. The van der Waals surface area contributed by atoms with E-state index in [1.807, 2.05) is 0 Å². The molecule has 1 amide bonds. The first-order valence-corrected chi connectivity index (χ1v) is 7.70. The second-order valence-corrected chi connectivity index (χ2v) is 6.01. The maximum atomic E-state index is 12.3. The molecule has 0 heterocycles. The molecule has 0 aromatic heterocycles. The van der Waals surface area contributed by atoms with E-state index in [0.717, 1.165) is 0 Å². The molecule has 1 aromatic rings. The van der Waals surface area contributed by atoms with Crippen molar-refractivity contribution in [2.24, 2.45) is 5.92 Å². The number of benzene rings is 1. The third-order valence-electron chi connectivity index (χ3n) is 3.82. The van der Waals surface area contributed by atoms with E-state index in [0.29, 0.717) is 40.8 Å². The highest BCUT2D eigenvalue weighted by atomic mass is 79.9. The van der Waals surface area contributed by atoms with Crippen molar-refractivity contribution in [3.63, 3.8) is 0 Å². The summed E-state index contributed by atoms with van der Waals surface area (Å²) in [6, 6.07) is 3.12. The number of rotatable bonds is 5. The van der Waals surface area contributed by atoms with E-state index in [2.05, 4.69) is 21.2 Å². The topological polar surface area (TPSA) is 84.9 Å². The van der Waals surface area contributed by atoms with E-state index < -0.39 is 5.97 Å². The Morgan fingerprint density at radius 2 is 1.82 bits per heavy atom. The average Bonchev–Trinajstić information content (AvgIpc) is 2.96. The molecule has 1 saturated carbocycles. The molecule has 2 N–H and O–H groups in total. The molecule has 120 valence electrons. The first-order valence-electron chi connectivity index (χ1n) is 6.91. The highest BCUT2D eigenvalue weighted by Crippen LogP contribution is 2.35. The van der Waals surface area contributed by atoms with Gasteiger partial charge in [-0.05, 0) is 47.3 Å². The van der Waals surface area contributed by atoms with Gasteiger partial charge in [-0.15, -0.1) is 0 Å². The lowest BCUT2D eigenvalue weighted by Crippen LogP contribution is -2.33. The minimum Gasteiger partial charge on any atom is -0.495 e. The molecule has 1 aliphatic carbocycles. The summed E-state index contributed by atoms with van der Waals surface area (Å²) >= 11 is 3.35. The maximum Gasteiger partial charge on any atom is 0.306 e. The van der Waals surface area contributed by atoms with Gasteiger partial charge in [0.1, 0.15) is 16.0 Å². The fourth-order valence-electron chi connectivity index (χ4n) is 2.61. The van der Waals surface area contributed by atoms with Crippen molar-refractivity contribution in [1.29, 1.82) is 0 Å². The van der Waals surface area contributed by atoms with Crippen LogP contribution in [-0.4, -0.2) is 37.2 Å². The third kappa shape index (κ3) is 3.52. The molecule has 1 aliphatic rings. The quantitative estimate of drug-likeness (QED) is 0.830. The largest absolute Gasteiger partial charge is 0.495 e. The van der Waals surface area contributed by atoms with Crippen LogP contribution in [0, 0.1) is 5.92 Å². The minimum absolute atomic E-state index is 0.116. The number of aliphatic carboxylic acids is 1. The summed E-state index contributed by atoms with van der Waals surface area (Å²) in [5.74, 6) is -0.443. The second-order valence-electron chi connectivity index (χ2n) is 5.21. The number of carbonyl (C=O) groups is 2. The molecule has 0 radical (unpaired) electrons. The van der Waals surface area contributed by atoms with Crippen molar-refractivity contribution in [3.05, 3.63) is 22.2 Å². The molecule has 0 spiro atoms. The van der Waals surface area contributed by atoms with Crippen molar-refractivity contribution in [3.8, 4) is 11.5 Å². The van der Waals surface area contributed by atoms with E-state index in [1.165, 1.54) is 14.2 Å². The van der Waals surface area contributed by atoms with Gasteiger partial charge >= 0.3 is 5.97 Å². The normalized spacial score (nSPS) is 20.5. The van der Waals surface area contributed by atoms with Gasteiger partial charge in [-0.25, -0.2) is 0 Å². The minimum atomic E-state index is -0.802. The van der Waals surface area contributed by atoms with Gasteiger partial charge in [-0.2, -0.15) is 0 Å². The number of nitrogens with one attached hydrogen (secondary N) is 1. The molecule has 2 atom stereocenters. The van der Waals surface area contributed by atoms with Crippen molar-refractivity contribution >= 4 is 27.8 Å². The van der Waals surface area contributed by atoms with Gasteiger partial charge in [0.25, 0.3) is 5.91 Å². The van der Waals surface area contributed by atoms with Crippen LogP contribution in [0.1, 0.15) is 29.6 Å². The summed E-state index contributed by atoms with van der Waals surface area (Å²) in [5.41, 5.74) is 0.413. The first-order chi connectivity index (χ1) is 10.5. The Labute approximate surface area is 136 Å². The van der Waals surface area contributed by atoms with E-state index in [-0.39, 0.29) is 17.9 Å². The van der Waals surface area contributed by atoms with Crippen molar-refractivity contribution < 1.29 is 24.2 Å².